The number of hydrogen-bond acceptors (Lipinski definition) is 3. The molecular weight excluding hydrogens is 168 g/mol. The van der Waals surface area contributed by atoms with Gasteiger partial charge < -0.3 is 10.8 Å². The molecule has 0 spiro atoms. The van der Waals surface area contributed by atoms with Crippen LogP contribution in [0.3, 0.4) is 0 Å². The number of hydrogen-bond donors (Lipinski definition) is 2. The average molecular weight is 176 g/mol. The van der Waals surface area contributed by atoms with Crippen LogP contribution >= 0.6 is 0 Å². The first-order valence-electron chi connectivity index (χ1n) is 3.64. The van der Waals surface area contributed by atoms with Crippen molar-refractivity contribution in [1.82, 2.24) is 0 Å². The van der Waals surface area contributed by atoms with Crippen LogP contribution in [-0.4, -0.2) is 11.1 Å². The van der Waals surface area contributed by atoms with Gasteiger partial charge in [-0.3, -0.25) is 4.79 Å². The number of benzene rings is 1. The molecule has 0 saturated heterocycles. The second-order valence-corrected chi connectivity index (χ2v) is 2.56. The van der Waals surface area contributed by atoms with Gasteiger partial charge in [-0.05, 0) is 12.1 Å². The Morgan fingerprint density at radius 3 is 2.85 bits per heavy atom. The molecule has 0 bridgehead atoms. The van der Waals surface area contributed by atoms with Gasteiger partial charge in [-0.25, -0.2) is 0 Å². The summed E-state index contributed by atoms with van der Waals surface area (Å²) in [4.78, 5) is 10.4. The van der Waals surface area contributed by atoms with Crippen molar-refractivity contribution in [3.8, 4) is 6.07 Å². The zero-order valence-corrected chi connectivity index (χ0v) is 6.82. The summed E-state index contributed by atoms with van der Waals surface area (Å²) in [6.45, 7) is 0. The Morgan fingerprint density at radius 1 is 1.62 bits per heavy atom. The first-order chi connectivity index (χ1) is 6.15. The van der Waals surface area contributed by atoms with Gasteiger partial charge in [-0.15, -0.1) is 0 Å². The minimum Gasteiger partial charge on any atom is -0.481 e. The standard InChI is InChI=1S/C9H8N2O2/c10-5-6-2-1-3-8(11)7(6)4-9(12)13/h1-3H,4,11H2,(H,12,13). The van der Waals surface area contributed by atoms with Crippen LogP contribution in [0.5, 0.6) is 0 Å². The normalized spacial score (nSPS) is 9.15. The molecule has 0 fully saturated rings. The fraction of sp³-hybridized carbons (Fsp3) is 0.111. The zero-order chi connectivity index (χ0) is 9.84. The van der Waals surface area contributed by atoms with Crippen LogP contribution in [-0.2, 0) is 11.2 Å². The van der Waals surface area contributed by atoms with Gasteiger partial charge in [0.15, 0.2) is 0 Å². The van der Waals surface area contributed by atoms with Crippen molar-refractivity contribution in [2.45, 2.75) is 6.42 Å². The maximum Gasteiger partial charge on any atom is 0.307 e. The summed E-state index contributed by atoms with van der Waals surface area (Å²) in [7, 11) is 0. The predicted octanol–water partition coefficient (Wildman–Crippen LogP) is 0.768. The van der Waals surface area contributed by atoms with Crippen molar-refractivity contribution in [3.63, 3.8) is 0 Å². The molecule has 3 N–H and O–H groups in total. The van der Waals surface area contributed by atoms with Crippen LogP contribution in [0.25, 0.3) is 0 Å². The second-order valence-electron chi connectivity index (χ2n) is 2.56. The van der Waals surface area contributed by atoms with Crippen molar-refractivity contribution in [2.24, 2.45) is 0 Å². The number of rotatable bonds is 2. The number of aliphatic carboxylic acids is 1. The van der Waals surface area contributed by atoms with Crippen molar-refractivity contribution >= 4 is 11.7 Å². The highest BCUT2D eigenvalue weighted by Gasteiger charge is 2.09. The number of nitriles is 1. The molecule has 13 heavy (non-hydrogen) atoms. The molecule has 0 aliphatic heterocycles. The first kappa shape index (κ1) is 9.07. The molecule has 1 rings (SSSR count). The lowest BCUT2D eigenvalue weighted by atomic mass is 10.0. The summed E-state index contributed by atoms with van der Waals surface area (Å²) >= 11 is 0. The number of carbonyl (C=O) groups is 1. The molecule has 0 aromatic heterocycles. The van der Waals surface area contributed by atoms with E-state index in [0.717, 1.165) is 0 Å². The molecule has 66 valence electrons. The molecule has 0 heterocycles. The predicted molar refractivity (Wildman–Crippen MR) is 46.9 cm³/mol. The van der Waals surface area contributed by atoms with E-state index >= 15 is 0 Å². The van der Waals surface area contributed by atoms with E-state index in [1.165, 1.54) is 0 Å². The molecule has 0 saturated carbocycles. The fourth-order valence-corrected chi connectivity index (χ4v) is 1.06. The summed E-state index contributed by atoms with van der Waals surface area (Å²) in [6.07, 6.45) is -0.213. The largest absolute Gasteiger partial charge is 0.481 e. The summed E-state index contributed by atoms with van der Waals surface area (Å²) in [5.41, 5.74) is 6.59. The summed E-state index contributed by atoms with van der Waals surface area (Å²) in [6, 6.07) is 6.66. The lowest BCUT2D eigenvalue weighted by molar-refractivity contribution is -0.136. The molecule has 4 nitrogen and oxygen atoms in total. The van der Waals surface area contributed by atoms with E-state index in [4.69, 9.17) is 16.1 Å². The number of nitrogen functional groups attached to an aromatic ring is 1. The van der Waals surface area contributed by atoms with Crippen LogP contribution in [0, 0.1) is 11.3 Å². The van der Waals surface area contributed by atoms with E-state index in [1.807, 2.05) is 6.07 Å². The van der Waals surface area contributed by atoms with Gasteiger partial charge in [0.05, 0.1) is 18.1 Å². The Hall–Kier alpha value is -2.02. The summed E-state index contributed by atoms with van der Waals surface area (Å²) in [5.74, 6) is -0.991. The maximum atomic E-state index is 10.4. The van der Waals surface area contributed by atoms with Gasteiger partial charge in [-0.1, -0.05) is 6.07 Å². The van der Waals surface area contributed by atoms with Gasteiger partial charge >= 0.3 is 5.97 Å². The second kappa shape index (κ2) is 3.59. The van der Waals surface area contributed by atoms with Gasteiger partial charge in [0, 0.05) is 11.3 Å². The summed E-state index contributed by atoms with van der Waals surface area (Å²) < 4.78 is 0. The van der Waals surface area contributed by atoms with E-state index in [0.29, 0.717) is 16.8 Å². The molecule has 0 radical (unpaired) electrons. The lowest BCUT2D eigenvalue weighted by Crippen LogP contribution is -2.05. The van der Waals surface area contributed by atoms with Crippen LogP contribution in [0.1, 0.15) is 11.1 Å². The van der Waals surface area contributed by atoms with E-state index in [2.05, 4.69) is 0 Å². The number of anilines is 1. The van der Waals surface area contributed by atoms with Gasteiger partial charge in [0.1, 0.15) is 0 Å². The Labute approximate surface area is 75.2 Å². The number of nitrogens with two attached hydrogens (primary N) is 1. The van der Waals surface area contributed by atoms with E-state index < -0.39 is 5.97 Å². The SMILES string of the molecule is N#Cc1cccc(N)c1CC(=O)O. The molecular formula is C9H8N2O2. The van der Waals surface area contributed by atoms with Crippen LogP contribution in [0.2, 0.25) is 0 Å². The Morgan fingerprint density at radius 2 is 2.31 bits per heavy atom. The summed E-state index contributed by atoms with van der Waals surface area (Å²) in [5, 5.41) is 17.2. The maximum absolute atomic E-state index is 10.4. The van der Waals surface area contributed by atoms with E-state index in [1.54, 1.807) is 18.2 Å². The Kier molecular flexibility index (Phi) is 2.50. The Bertz CT molecular complexity index is 380. The molecule has 1 aromatic rings. The van der Waals surface area contributed by atoms with Crippen LogP contribution in [0.4, 0.5) is 5.69 Å². The highest BCUT2D eigenvalue weighted by molar-refractivity contribution is 5.74. The minimum absolute atomic E-state index is 0.213. The van der Waals surface area contributed by atoms with Gasteiger partial charge in [0.2, 0.25) is 0 Å². The first-order valence-corrected chi connectivity index (χ1v) is 3.64. The van der Waals surface area contributed by atoms with Crippen molar-refractivity contribution < 1.29 is 9.90 Å². The smallest absolute Gasteiger partial charge is 0.307 e. The molecule has 0 unspecified atom stereocenters. The quantitative estimate of drug-likeness (QED) is 0.651. The van der Waals surface area contributed by atoms with Gasteiger partial charge in [0.25, 0.3) is 0 Å². The third-order valence-corrected chi connectivity index (χ3v) is 1.66. The zero-order valence-electron chi connectivity index (χ0n) is 6.82. The number of nitrogens with zero attached hydrogens (tertiary/aromatic N) is 1. The molecule has 0 amide bonds. The average Bonchev–Trinajstić information content (AvgIpc) is 2.08. The minimum atomic E-state index is -0.991. The number of carboxylic acid groups (broad SMARTS) is 1. The van der Waals surface area contributed by atoms with E-state index in [-0.39, 0.29) is 6.42 Å². The highest BCUT2D eigenvalue weighted by atomic mass is 16.4. The van der Waals surface area contributed by atoms with Crippen molar-refractivity contribution in [3.05, 3.63) is 29.3 Å². The van der Waals surface area contributed by atoms with Crippen LogP contribution < -0.4 is 5.73 Å². The Balaban J connectivity index is 3.17. The van der Waals surface area contributed by atoms with E-state index in [9.17, 15) is 4.79 Å². The monoisotopic (exact) mass is 176 g/mol. The fourth-order valence-electron chi connectivity index (χ4n) is 1.06. The van der Waals surface area contributed by atoms with Gasteiger partial charge in [-0.2, -0.15) is 5.26 Å². The molecule has 0 aliphatic rings. The number of carboxylic acids is 1. The third kappa shape index (κ3) is 1.97. The lowest BCUT2D eigenvalue weighted by Gasteiger charge is -2.03. The molecule has 4 heteroatoms. The van der Waals surface area contributed by atoms with Crippen LogP contribution in [0.15, 0.2) is 18.2 Å². The third-order valence-electron chi connectivity index (χ3n) is 1.66. The topological polar surface area (TPSA) is 87.1 Å². The van der Waals surface area contributed by atoms with Crippen molar-refractivity contribution in [2.75, 3.05) is 5.73 Å². The molecule has 0 aliphatic carbocycles. The molecule has 1 aromatic carbocycles. The highest BCUT2D eigenvalue weighted by Crippen LogP contribution is 2.16. The van der Waals surface area contributed by atoms with Crippen molar-refractivity contribution in [1.29, 1.82) is 5.26 Å². The molecule has 0 atom stereocenters.